The van der Waals surface area contributed by atoms with Crippen LogP contribution >= 0.6 is 0 Å². The number of rotatable bonds is 2. The quantitative estimate of drug-likeness (QED) is 0.737. The molecule has 84 valence electrons. The summed E-state index contributed by atoms with van der Waals surface area (Å²) in [6, 6.07) is 4.26. The van der Waals surface area contributed by atoms with Crippen LogP contribution in [0, 0.1) is 0 Å². The molecule has 2 nitrogen and oxygen atoms in total. The van der Waals surface area contributed by atoms with Crippen molar-refractivity contribution in [3.63, 3.8) is 0 Å². The van der Waals surface area contributed by atoms with Crippen molar-refractivity contribution in [3.8, 4) is 0 Å². The third-order valence-corrected chi connectivity index (χ3v) is 2.79. The molecular weight excluding hydrogens is 184 g/mol. The minimum atomic E-state index is 0.114. The maximum Gasteiger partial charge on any atom is 0.128 e. The molecule has 0 unspecified atom stereocenters. The highest BCUT2D eigenvalue weighted by Gasteiger charge is 2.18. The molecule has 0 N–H and O–H groups in total. The van der Waals surface area contributed by atoms with Gasteiger partial charge in [-0.2, -0.15) is 0 Å². The summed E-state index contributed by atoms with van der Waals surface area (Å²) in [4.78, 5) is 6.62. The Morgan fingerprint density at radius 2 is 1.87 bits per heavy atom. The molecule has 0 saturated carbocycles. The number of hydrogen-bond acceptors (Lipinski definition) is 2. The predicted octanol–water partition coefficient (Wildman–Crippen LogP) is 3.44. The second kappa shape index (κ2) is 4.21. The third kappa shape index (κ3) is 2.95. The second-order valence-electron chi connectivity index (χ2n) is 5.33. The van der Waals surface area contributed by atoms with Crippen molar-refractivity contribution in [2.24, 2.45) is 0 Å². The molecule has 0 aliphatic heterocycles. The van der Waals surface area contributed by atoms with E-state index in [9.17, 15) is 0 Å². The van der Waals surface area contributed by atoms with Crippen molar-refractivity contribution in [2.45, 2.75) is 46.1 Å². The first-order valence-electron chi connectivity index (χ1n) is 5.52. The number of anilines is 1. The molecule has 0 aromatic carbocycles. The largest absolute Gasteiger partial charge is 0.355 e. The van der Waals surface area contributed by atoms with E-state index in [1.54, 1.807) is 0 Å². The number of aromatic nitrogens is 1. The van der Waals surface area contributed by atoms with Crippen molar-refractivity contribution < 1.29 is 0 Å². The summed E-state index contributed by atoms with van der Waals surface area (Å²) in [5.74, 6) is 1.61. The van der Waals surface area contributed by atoms with E-state index < -0.39 is 0 Å². The molecule has 1 rings (SSSR count). The molecule has 1 heterocycles. The van der Waals surface area contributed by atoms with Gasteiger partial charge in [-0.05, 0) is 44.4 Å². The standard InChI is InChI=1S/C13H22N2/c1-10(2)11-7-8-14-12(9-11)15(6)13(3,4)5/h7-10H,1-6H3. The molecule has 15 heavy (non-hydrogen) atoms. The van der Waals surface area contributed by atoms with Gasteiger partial charge in [0.05, 0.1) is 0 Å². The summed E-state index contributed by atoms with van der Waals surface area (Å²) < 4.78 is 0. The molecule has 0 atom stereocenters. The molecule has 0 amide bonds. The van der Waals surface area contributed by atoms with Gasteiger partial charge in [0, 0.05) is 18.8 Å². The predicted molar refractivity (Wildman–Crippen MR) is 66.5 cm³/mol. The van der Waals surface area contributed by atoms with Gasteiger partial charge >= 0.3 is 0 Å². The lowest BCUT2D eigenvalue weighted by Gasteiger charge is -2.33. The first-order chi connectivity index (χ1) is 6.82. The number of hydrogen-bond donors (Lipinski definition) is 0. The van der Waals surface area contributed by atoms with Crippen LogP contribution < -0.4 is 4.90 Å². The fraction of sp³-hybridized carbons (Fsp3) is 0.615. The van der Waals surface area contributed by atoms with Crippen LogP contribution in [0.4, 0.5) is 5.82 Å². The first kappa shape index (κ1) is 12.0. The SMILES string of the molecule is CC(C)c1ccnc(N(C)C(C)(C)C)c1. The number of pyridine rings is 1. The lowest BCUT2D eigenvalue weighted by Crippen LogP contribution is -2.38. The Morgan fingerprint density at radius 3 is 2.33 bits per heavy atom. The lowest BCUT2D eigenvalue weighted by molar-refractivity contribution is 0.533. The van der Waals surface area contributed by atoms with Gasteiger partial charge in [-0.1, -0.05) is 13.8 Å². The molecule has 0 aliphatic carbocycles. The van der Waals surface area contributed by atoms with E-state index in [0.717, 1.165) is 5.82 Å². The van der Waals surface area contributed by atoms with Crippen molar-refractivity contribution in [2.75, 3.05) is 11.9 Å². The second-order valence-corrected chi connectivity index (χ2v) is 5.33. The summed E-state index contributed by atoms with van der Waals surface area (Å²) in [6.45, 7) is 11.0. The minimum absolute atomic E-state index is 0.114. The molecule has 2 heteroatoms. The average Bonchev–Trinajstić information content (AvgIpc) is 2.15. The smallest absolute Gasteiger partial charge is 0.128 e. The van der Waals surface area contributed by atoms with Crippen molar-refractivity contribution >= 4 is 5.82 Å². The lowest BCUT2D eigenvalue weighted by atomic mass is 10.0. The molecule has 0 saturated heterocycles. The van der Waals surface area contributed by atoms with E-state index in [2.05, 4.69) is 63.7 Å². The average molecular weight is 206 g/mol. The maximum atomic E-state index is 4.41. The normalized spacial score (nSPS) is 11.9. The van der Waals surface area contributed by atoms with Gasteiger partial charge in [-0.25, -0.2) is 4.98 Å². The molecular formula is C13H22N2. The van der Waals surface area contributed by atoms with E-state index in [-0.39, 0.29) is 5.54 Å². The van der Waals surface area contributed by atoms with E-state index >= 15 is 0 Å². The monoisotopic (exact) mass is 206 g/mol. The Balaban J connectivity index is 3.00. The summed E-state index contributed by atoms with van der Waals surface area (Å²) in [7, 11) is 2.09. The van der Waals surface area contributed by atoms with Crippen molar-refractivity contribution in [1.29, 1.82) is 0 Å². The highest BCUT2D eigenvalue weighted by molar-refractivity contribution is 5.43. The molecule has 0 spiro atoms. The Bertz CT molecular complexity index is 324. The molecule has 1 aromatic rings. The zero-order valence-electron chi connectivity index (χ0n) is 10.7. The summed E-state index contributed by atoms with van der Waals surface area (Å²) in [5, 5.41) is 0. The summed E-state index contributed by atoms with van der Waals surface area (Å²) >= 11 is 0. The van der Waals surface area contributed by atoms with E-state index in [1.807, 2.05) is 6.20 Å². The van der Waals surface area contributed by atoms with Crippen molar-refractivity contribution in [1.82, 2.24) is 4.98 Å². The Kier molecular flexibility index (Phi) is 3.38. The molecule has 1 aromatic heterocycles. The molecule has 0 radical (unpaired) electrons. The fourth-order valence-electron chi connectivity index (χ4n) is 1.32. The Labute approximate surface area is 93.3 Å². The van der Waals surface area contributed by atoms with E-state index in [4.69, 9.17) is 0 Å². The van der Waals surface area contributed by atoms with Gasteiger partial charge in [-0.15, -0.1) is 0 Å². The summed E-state index contributed by atoms with van der Waals surface area (Å²) in [6.07, 6.45) is 1.90. The highest BCUT2D eigenvalue weighted by Crippen LogP contribution is 2.23. The van der Waals surface area contributed by atoms with Crippen LogP contribution in [-0.4, -0.2) is 17.6 Å². The zero-order chi connectivity index (χ0) is 11.6. The molecule has 0 fully saturated rings. The van der Waals surface area contributed by atoms with Crippen LogP contribution in [0.2, 0.25) is 0 Å². The van der Waals surface area contributed by atoms with Gasteiger partial charge in [0.2, 0.25) is 0 Å². The number of nitrogens with zero attached hydrogens (tertiary/aromatic N) is 2. The minimum Gasteiger partial charge on any atom is -0.355 e. The maximum absolute atomic E-state index is 4.41. The fourth-order valence-corrected chi connectivity index (χ4v) is 1.32. The van der Waals surface area contributed by atoms with Crippen LogP contribution in [0.25, 0.3) is 0 Å². The van der Waals surface area contributed by atoms with Gasteiger partial charge < -0.3 is 4.90 Å². The summed E-state index contributed by atoms with van der Waals surface area (Å²) in [5.41, 5.74) is 1.46. The van der Waals surface area contributed by atoms with E-state index in [0.29, 0.717) is 5.92 Å². The van der Waals surface area contributed by atoms with Gasteiger partial charge in [0.25, 0.3) is 0 Å². The van der Waals surface area contributed by atoms with Gasteiger partial charge in [0.1, 0.15) is 5.82 Å². The van der Waals surface area contributed by atoms with Crippen LogP contribution in [0.3, 0.4) is 0 Å². The van der Waals surface area contributed by atoms with E-state index in [1.165, 1.54) is 5.56 Å². The van der Waals surface area contributed by atoms with Crippen molar-refractivity contribution in [3.05, 3.63) is 23.9 Å². The molecule has 0 aliphatic rings. The Morgan fingerprint density at radius 1 is 1.27 bits per heavy atom. The first-order valence-corrected chi connectivity index (χ1v) is 5.52. The Hall–Kier alpha value is -1.05. The van der Waals surface area contributed by atoms with Gasteiger partial charge in [-0.3, -0.25) is 0 Å². The zero-order valence-corrected chi connectivity index (χ0v) is 10.7. The van der Waals surface area contributed by atoms with Crippen LogP contribution in [0.5, 0.6) is 0 Å². The van der Waals surface area contributed by atoms with Crippen LogP contribution in [0.15, 0.2) is 18.3 Å². The highest BCUT2D eigenvalue weighted by atomic mass is 15.2. The topological polar surface area (TPSA) is 16.1 Å². The van der Waals surface area contributed by atoms with Crippen LogP contribution in [0.1, 0.15) is 46.1 Å². The van der Waals surface area contributed by atoms with Gasteiger partial charge in [0.15, 0.2) is 0 Å². The molecule has 0 bridgehead atoms. The third-order valence-electron chi connectivity index (χ3n) is 2.79. The van der Waals surface area contributed by atoms with Crippen LogP contribution in [-0.2, 0) is 0 Å².